The van der Waals surface area contributed by atoms with Gasteiger partial charge in [-0.25, -0.2) is 8.42 Å². The number of carbonyl (C=O) groups excluding carboxylic acids is 2. The van der Waals surface area contributed by atoms with Gasteiger partial charge >= 0.3 is 0 Å². The molecule has 3 rings (SSSR count). The van der Waals surface area contributed by atoms with E-state index in [1.807, 2.05) is 4.90 Å². The number of hydrogen-bond donors (Lipinski definition) is 2. The second kappa shape index (κ2) is 8.59. The molecule has 28 heavy (non-hydrogen) atoms. The van der Waals surface area contributed by atoms with Crippen molar-refractivity contribution in [3.05, 3.63) is 24.3 Å². The molecule has 2 fully saturated rings. The number of nitrogens with zero attached hydrogens (tertiary/aromatic N) is 2. The van der Waals surface area contributed by atoms with Crippen LogP contribution >= 0.6 is 0 Å². The summed E-state index contributed by atoms with van der Waals surface area (Å²) in [6, 6.07) is 5.86. The molecule has 0 bridgehead atoms. The minimum Gasteiger partial charge on any atom is -0.369 e. The molecule has 2 atom stereocenters. The summed E-state index contributed by atoms with van der Waals surface area (Å²) < 4.78 is 26.6. The van der Waals surface area contributed by atoms with Crippen molar-refractivity contribution in [2.24, 2.45) is 11.7 Å². The maximum atomic E-state index is 12.6. The molecular formula is C19H28N4O4S. The van der Waals surface area contributed by atoms with Gasteiger partial charge in [0.25, 0.3) is 0 Å². The molecule has 2 saturated heterocycles. The highest BCUT2D eigenvalue weighted by atomic mass is 32.2. The maximum Gasteiger partial charge on any atom is 0.243 e. The van der Waals surface area contributed by atoms with E-state index in [0.29, 0.717) is 25.3 Å². The lowest BCUT2D eigenvalue weighted by Gasteiger charge is -2.34. The predicted octanol–water partition coefficient (Wildman–Crippen LogP) is 0.995. The van der Waals surface area contributed by atoms with Crippen LogP contribution in [0.5, 0.6) is 0 Å². The summed E-state index contributed by atoms with van der Waals surface area (Å²) in [7, 11) is -3.46. The van der Waals surface area contributed by atoms with Crippen LogP contribution in [-0.4, -0.2) is 61.7 Å². The van der Waals surface area contributed by atoms with Gasteiger partial charge in [-0.1, -0.05) is 0 Å². The Bertz CT molecular complexity index is 819. The van der Waals surface area contributed by atoms with Crippen molar-refractivity contribution in [2.75, 3.05) is 31.5 Å². The zero-order valence-corrected chi connectivity index (χ0v) is 17.0. The third kappa shape index (κ3) is 4.53. The first-order chi connectivity index (χ1) is 13.3. The average molecular weight is 409 g/mol. The maximum absolute atomic E-state index is 12.6. The van der Waals surface area contributed by atoms with Crippen LogP contribution in [0.2, 0.25) is 0 Å². The lowest BCUT2D eigenvalue weighted by atomic mass is 9.96. The van der Waals surface area contributed by atoms with E-state index >= 15 is 0 Å². The van der Waals surface area contributed by atoms with Gasteiger partial charge in [-0.3, -0.25) is 14.5 Å². The quantitative estimate of drug-likeness (QED) is 0.729. The number of sulfonamides is 1. The average Bonchev–Trinajstić information content (AvgIpc) is 3.23. The van der Waals surface area contributed by atoms with E-state index in [-0.39, 0.29) is 22.6 Å². The summed E-state index contributed by atoms with van der Waals surface area (Å²) in [5, 5.41) is 2.83. The first-order valence-corrected chi connectivity index (χ1v) is 11.2. The number of likely N-dealkylation sites (tertiary alicyclic amines) is 1. The Kier molecular flexibility index (Phi) is 6.36. The van der Waals surface area contributed by atoms with Gasteiger partial charge < -0.3 is 11.1 Å². The third-order valence-electron chi connectivity index (χ3n) is 5.61. The SMILES string of the molecule is C[C@H](C(=O)Nc1ccc(S(=O)(=O)N2CCCC2)cc1)N1CCC[C@@H](C(N)=O)C1. The van der Waals surface area contributed by atoms with Crippen molar-refractivity contribution in [3.8, 4) is 0 Å². The summed E-state index contributed by atoms with van der Waals surface area (Å²) in [5.74, 6) is -0.744. The molecule has 0 spiro atoms. The molecule has 1 aromatic rings. The first-order valence-electron chi connectivity index (χ1n) is 9.73. The number of nitrogens with one attached hydrogen (secondary N) is 1. The summed E-state index contributed by atoms with van der Waals surface area (Å²) in [5.41, 5.74) is 5.95. The van der Waals surface area contributed by atoms with Gasteiger partial charge in [0.2, 0.25) is 21.8 Å². The Labute approximate surface area is 166 Å². The third-order valence-corrected chi connectivity index (χ3v) is 7.52. The molecule has 3 N–H and O–H groups in total. The van der Waals surface area contributed by atoms with Crippen molar-refractivity contribution in [2.45, 2.75) is 43.5 Å². The van der Waals surface area contributed by atoms with E-state index in [9.17, 15) is 18.0 Å². The van der Waals surface area contributed by atoms with Crippen molar-refractivity contribution < 1.29 is 18.0 Å². The number of hydrogen-bond acceptors (Lipinski definition) is 5. The zero-order chi connectivity index (χ0) is 20.3. The molecule has 1 aromatic carbocycles. The fourth-order valence-corrected chi connectivity index (χ4v) is 5.31. The van der Waals surface area contributed by atoms with Crippen LogP contribution in [0.15, 0.2) is 29.2 Å². The highest BCUT2D eigenvalue weighted by Gasteiger charge is 2.30. The smallest absolute Gasteiger partial charge is 0.243 e. The largest absolute Gasteiger partial charge is 0.369 e. The topological polar surface area (TPSA) is 113 Å². The number of amides is 2. The van der Waals surface area contributed by atoms with Gasteiger partial charge in [-0.15, -0.1) is 0 Å². The Hall–Kier alpha value is -1.97. The van der Waals surface area contributed by atoms with Gasteiger partial charge in [0.05, 0.1) is 16.9 Å². The van der Waals surface area contributed by atoms with Crippen LogP contribution < -0.4 is 11.1 Å². The van der Waals surface area contributed by atoms with Gasteiger partial charge in [0, 0.05) is 25.3 Å². The molecule has 2 aliphatic heterocycles. The normalized spacial score (nSPS) is 22.7. The Morgan fingerprint density at radius 3 is 2.36 bits per heavy atom. The Morgan fingerprint density at radius 2 is 1.75 bits per heavy atom. The molecule has 154 valence electrons. The van der Waals surface area contributed by atoms with Gasteiger partial charge in [-0.05, 0) is 63.4 Å². The summed E-state index contributed by atoms with van der Waals surface area (Å²) in [6.45, 7) is 4.13. The number of piperidine rings is 1. The van der Waals surface area contributed by atoms with Crippen molar-refractivity contribution >= 4 is 27.5 Å². The predicted molar refractivity (Wildman–Crippen MR) is 106 cm³/mol. The molecule has 0 unspecified atom stereocenters. The van der Waals surface area contributed by atoms with Gasteiger partial charge in [0.1, 0.15) is 0 Å². The van der Waals surface area contributed by atoms with E-state index in [1.165, 1.54) is 16.4 Å². The van der Waals surface area contributed by atoms with Crippen molar-refractivity contribution in [1.29, 1.82) is 0 Å². The highest BCUT2D eigenvalue weighted by molar-refractivity contribution is 7.89. The van der Waals surface area contributed by atoms with Crippen molar-refractivity contribution in [3.63, 3.8) is 0 Å². The number of rotatable bonds is 6. The van der Waals surface area contributed by atoms with Crippen LogP contribution in [-0.2, 0) is 19.6 Å². The van der Waals surface area contributed by atoms with Gasteiger partial charge in [-0.2, -0.15) is 4.31 Å². The fourth-order valence-electron chi connectivity index (χ4n) is 3.79. The van der Waals surface area contributed by atoms with E-state index in [1.54, 1.807) is 19.1 Å². The summed E-state index contributed by atoms with van der Waals surface area (Å²) >= 11 is 0. The lowest BCUT2D eigenvalue weighted by molar-refractivity contribution is -0.127. The zero-order valence-electron chi connectivity index (χ0n) is 16.1. The van der Waals surface area contributed by atoms with Crippen LogP contribution in [0.3, 0.4) is 0 Å². The second-order valence-corrected chi connectivity index (χ2v) is 9.48. The number of anilines is 1. The molecule has 2 heterocycles. The van der Waals surface area contributed by atoms with Crippen LogP contribution in [0.25, 0.3) is 0 Å². The highest BCUT2D eigenvalue weighted by Crippen LogP contribution is 2.23. The monoisotopic (exact) mass is 408 g/mol. The van der Waals surface area contributed by atoms with E-state index in [4.69, 9.17) is 5.73 Å². The molecule has 2 amide bonds. The minimum atomic E-state index is -3.46. The molecule has 9 heteroatoms. The molecule has 0 radical (unpaired) electrons. The van der Waals surface area contributed by atoms with Crippen molar-refractivity contribution in [1.82, 2.24) is 9.21 Å². The van der Waals surface area contributed by atoms with E-state index in [2.05, 4.69) is 5.32 Å². The molecule has 8 nitrogen and oxygen atoms in total. The van der Waals surface area contributed by atoms with Crippen LogP contribution in [0.4, 0.5) is 5.69 Å². The molecule has 0 saturated carbocycles. The standard InChI is InChI=1S/C19H28N4O4S/c1-14(22-10-4-5-15(13-22)18(20)24)19(25)21-16-6-8-17(9-7-16)28(26,27)23-11-2-3-12-23/h6-9,14-15H,2-5,10-13H2,1H3,(H2,20,24)(H,21,25)/t14-,15-/m1/s1. The lowest BCUT2D eigenvalue weighted by Crippen LogP contribution is -2.49. The first kappa shape index (κ1) is 20.8. The van der Waals surface area contributed by atoms with E-state index in [0.717, 1.165) is 32.2 Å². The van der Waals surface area contributed by atoms with Crippen LogP contribution in [0.1, 0.15) is 32.6 Å². The van der Waals surface area contributed by atoms with Gasteiger partial charge in [0.15, 0.2) is 0 Å². The number of carbonyl (C=O) groups is 2. The number of nitrogens with two attached hydrogens (primary N) is 1. The summed E-state index contributed by atoms with van der Waals surface area (Å²) in [4.78, 5) is 26.2. The number of benzene rings is 1. The molecular weight excluding hydrogens is 380 g/mol. The minimum absolute atomic E-state index is 0.194. The van der Waals surface area contributed by atoms with E-state index < -0.39 is 16.1 Å². The molecule has 2 aliphatic rings. The summed E-state index contributed by atoms with van der Waals surface area (Å²) in [6.07, 6.45) is 3.36. The Balaban J connectivity index is 1.62. The molecule has 0 aromatic heterocycles. The fraction of sp³-hybridized carbons (Fsp3) is 0.579. The second-order valence-electron chi connectivity index (χ2n) is 7.54. The Morgan fingerprint density at radius 1 is 1.11 bits per heavy atom. The molecule has 0 aliphatic carbocycles. The number of primary amides is 1. The van der Waals surface area contributed by atoms with Crippen LogP contribution in [0, 0.1) is 5.92 Å².